The van der Waals surface area contributed by atoms with Gasteiger partial charge in [-0.15, -0.1) is 0 Å². The normalized spacial score (nSPS) is 11.4. The molecule has 0 aliphatic rings. The summed E-state index contributed by atoms with van der Waals surface area (Å²) >= 11 is 0. The fourth-order valence-corrected chi connectivity index (χ4v) is 2.62. The molecule has 4 nitrogen and oxygen atoms in total. The summed E-state index contributed by atoms with van der Waals surface area (Å²) in [5.74, 6) is -0.462. The molecule has 134 valence electrons. The van der Waals surface area contributed by atoms with Crippen molar-refractivity contribution in [1.82, 2.24) is 9.55 Å². The monoisotopic (exact) mass is 359 g/mol. The number of anilines is 1. The number of benzene rings is 2. The number of alkyl halides is 3. The summed E-state index contributed by atoms with van der Waals surface area (Å²) < 4.78 is 40.6. The van der Waals surface area contributed by atoms with Crippen molar-refractivity contribution < 1.29 is 18.0 Å². The van der Waals surface area contributed by atoms with Gasteiger partial charge in [-0.2, -0.15) is 13.2 Å². The molecule has 0 unspecified atom stereocenters. The number of carbonyl (C=O) groups excluding carboxylic acids is 1. The highest BCUT2D eigenvalue weighted by Gasteiger charge is 2.31. The van der Waals surface area contributed by atoms with E-state index in [2.05, 4.69) is 10.3 Å². The van der Waals surface area contributed by atoms with Crippen LogP contribution in [0.5, 0.6) is 0 Å². The molecule has 0 fully saturated rings. The van der Waals surface area contributed by atoms with Crippen LogP contribution in [0.4, 0.5) is 18.9 Å². The lowest BCUT2D eigenvalue weighted by Crippen LogP contribution is -2.14. The zero-order valence-electron chi connectivity index (χ0n) is 13.9. The molecule has 1 N–H and O–H groups in total. The van der Waals surface area contributed by atoms with Crippen molar-refractivity contribution >= 4 is 11.6 Å². The first-order valence-electron chi connectivity index (χ1n) is 7.86. The lowest BCUT2D eigenvalue weighted by molar-refractivity contribution is -0.137. The van der Waals surface area contributed by atoms with E-state index < -0.39 is 17.6 Å². The van der Waals surface area contributed by atoms with E-state index in [1.165, 1.54) is 6.07 Å². The molecule has 2 aromatic carbocycles. The molecule has 0 atom stereocenters. The van der Waals surface area contributed by atoms with Crippen LogP contribution in [0.15, 0.2) is 61.2 Å². The van der Waals surface area contributed by atoms with Crippen molar-refractivity contribution in [3.8, 4) is 0 Å². The Labute approximate surface area is 148 Å². The highest BCUT2D eigenvalue weighted by molar-refractivity contribution is 6.04. The van der Waals surface area contributed by atoms with Crippen molar-refractivity contribution in [2.24, 2.45) is 0 Å². The number of nitrogens with one attached hydrogen (secondary N) is 1. The van der Waals surface area contributed by atoms with E-state index in [1.54, 1.807) is 43.8 Å². The molecule has 1 heterocycles. The second-order valence-electron chi connectivity index (χ2n) is 5.97. The molecule has 0 bridgehead atoms. The molecular weight excluding hydrogens is 343 g/mol. The molecule has 26 heavy (non-hydrogen) atoms. The number of nitrogens with zero attached hydrogens (tertiary/aromatic N) is 2. The zero-order chi connectivity index (χ0) is 18.7. The molecule has 1 aromatic heterocycles. The summed E-state index contributed by atoms with van der Waals surface area (Å²) in [5.41, 5.74) is 1.00. The van der Waals surface area contributed by atoms with Crippen LogP contribution < -0.4 is 5.32 Å². The van der Waals surface area contributed by atoms with Crippen LogP contribution in [0, 0.1) is 6.92 Å². The van der Waals surface area contributed by atoms with Gasteiger partial charge < -0.3 is 9.88 Å². The number of imidazole rings is 1. The summed E-state index contributed by atoms with van der Waals surface area (Å²) in [6.07, 6.45) is 0.666. The van der Waals surface area contributed by atoms with Crippen LogP contribution in [-0.2, 0) is 12.7 Å². The molecule has 0 aliphatic heterocycles. The van der Waals surface area contributed by atoms with Gasteiger partial charge in [0.05, 0.1) is 11.9 Å². The Bertz CT molecular complexity index is 918. The van der Waals surface area contributed by atoms with E-state index in [0.717, 1.165) is 17.7 Å². The first-order valence-corrected chi connectivity index (χ1v) is 7.86. The van der Waals surface area contributed by atoms with Gasteiger partial charge in [-0.25, -0.2) is 4.98 Å². The van der Waals surface area contributed by atoms with Crippen molar-refractivity contribution in [1.29, 1.82) is 0 Å². The largest absolute Gasteiger partial charge is 0.416 e. The smallest absolute Gasteiger partial charge is 0.333 e. The third kappa shape index (κ3) is 4.30. The number of aromatic nitrogens is 2. The summed E-state index contributed by atoms with van der Waals surface area (Å²) in [4.78, 5) is 16.4. The number of hydrogen-bond donors (Lipinski definition) is 1. The van der Waals surface area contributed by atoms with E-state index in [9.17, 15) is 18.0 Å². The Kier molecular flexibility index (Phi) is 4.79. The summed E-state index contributed by atoms with van der Waals surface area (Å²) in [5, 5.41) is 2.54. The Balaban J connectivity index is 1.79. The van der Waals surface area contributed by atoms with Crippen LogP contribution in [0.25, 0.3) is 0 Å². The standard InChI is InChI=1S/C19H16F3N3O/c1-13-7-16(19(20,21)22)10-17(8-13)24-18(26)15-4-2-3-14(9-15)11-25-6-5-23-12-25/h2-10,12H,11H2,1H3,(H,24,26). The van der Waals surface area contributed by atoms with Gasteiger partial charge in [0, 0.05) is 30.2 Å². The quantitative estimate of drug-likeness (QED) is 0.745. The number of amides is 1. The summed E-state index contributed by atoms with van der Waals surface area (Å²) in [6, 6.07) is 10.4. The highest BCUT2D eigenvalue weighted by Crippen LogP contribution is 2.32. The average molecular weight is 359 g/mol. The van der Waals surface area contributed by atoms with Crippen molar-refractivity contribution in [3.63, 3.8) is 0 Å². The molecule has 1 amide bonds. The van der Waals surface area contributed by atoms with Crippen LogP contribution in [0.2, 0.25) is 0 Å². The second-order valence-corrected chi connectivity index (χ2v) is 5.97. The van der Waals surface area contributed by atoms with Gasteiger partial charge >= 0.3 is 6.18 Å². The number of hydrogen-bond acceptors (Lipinski definition) is 2. The minimum atomic E-state index is -4.46. The third-order valence-electron chi connectivity index (χ3n) is 3.78. The topological polar surface area (TPSA) is 46.9 Å². The van der Waals surface area contributed by atoms with Gasteiger partial charge in [0.1, 0.15) is 0 Å². The molecular formula is C19H16F3N3O. The van der Waals surface area contributed by atoms with E-state index in [1.807, 2.05) is 10.6 Å². The molecule has 0 aliphatic carbocycles. The van der Waals surface area contributed by atoms with Gasteiger partial charge in [0.2, 0.25) is 0 Å². The average Bonchev–Trinajstić information content (AvgIpc) is 3.06. The van der Waals surface area contributed by atoms with Crippen LogP contribution in [0.3, 0.4) is 0 Å². The summed E-state index contributed by atoms with van der Waals surface area (Å²) in [7, 11) is 0. The molecule has 3 aromatic rings. The van der Waals surface area contributed by atoms with Gasteiger partial charge in [-0.05, 0) is 48.4 Å². The zero-order valence-corrected chi connectivity index (χ0v) is 13.9. The first kappa shape index (κ1) is 17.7. The highest BCUT2D eigenvalue weighted by atomic mass is 19.4. The minimum absolute atomic E-state index is 0.113. The number of rotatable bonds is 4. The Morgan fingerprint density at radius 3 is 2.69 bits per heavy atom. The van der Waals surface area contributed by atoms with Crippen molar-refractivity contribution in [2.45, 2.75) is 19.6 Å². The van der Waals surface area contributed by atoms with Gasteiger partial charge in [-0.1, -0.05) is 12.1 Å². The van der Waals surface area contributed by atoms with Crippen molar-refractivity contribution in [3.05, 3.63) is 83.4 Å². The first-order chi connectivity index (χ1) is 12.3. The second kappa shape index (κ2) is 7.03. The van der Waals surface area contributed by atoms with Crippen LogP contribution >= 0.6 is 0 Å². The maximum absolute atomic E-state index is 12.9. The molecule has 3 rings (SSSR count). The lowest BCUT2D eigenvalue weighted by atomic mass is 10.1. The molecule has 0 saturated carbocycles. The summed E-state index contributed by atoms with van der Waals surface area (Å²) in [6.45, 7) is 2.10. The van der Waals surface area contributed by atoms with E-state index >= 15 is 0 Å². The predicted octanol–water partition coefficient (Wildman–Crippen LogP) is 4.51. The molecule has 7 heteroatoms. The number of aryl methyl sites for hydroxylation is 1. The van der Waals surface area contributed by atoms with Crippen LogP contribution in [0.1, 0.15) is 27.0 Å². The number of carbonyl (C=O) groups is 1. The minimum Gasteiger partial charge on any atom is -0.333 e. The number of halogens is 3. The molecule has 0 spiro atoms. The lowest BCUT2D eigenvalue weighted by Gasteiger charge is -2.12. The van der Waals surface area contributed by atoms with E-state index in [4.69, 9.17) is 0 Å². The van der Waals surface area contributed by atoms with Gasteiger partial charge in [0.25, 0.3) is 5.91 Å². The van der Waals surface area contributed by atoms with Gasteiger partial charge in [0.15, 0.2) is 0 Å². The van der Waals surface area contributed by atoms with Crippen LogP contribution in [-0.4, -0.2) is 15.5 Å². The molecule has 0 radical (unpaired) electrons. The predicted molar refractivity (Wildman–Crippen MR) is 91.9 cm³/mol. The fourth-order valence-electron chi connectivity index (χ4n) is 2.62. The maximum Gasteiger partial charge on any atom is 0.416 e. The molecule has 0 saturated heterocycles. The SMILES string of the molecule is Cc1cc(NC(=O)c2cccc(Cn3ccnc3)c2)cc(C(F)(F)F)c1. The fraction of sp³-hybridized carbons (Fsp3) is 0.158. The van der Waals surface area contributed by atoms with E-state index in [0.29, 0.717) is 17.7 Å². The van der Waals surface area contributed by atoms with Crippen molar-refractivity contribution in [2.75, 3.05) is 5.32 Å². The maximum atomic E-state index is 12.9. The van der Waals surface area contributed by atoms with Gasteiger partial charge in [-0.3, -0.25) is 4.79 Å². The Morgan fingerprint density at radius 2 is 2.00 bits per heavy atom. The third-order valence-corrected chi connectivity index (χ3v) is 3.78. The Morgan fingerprint density at radius 1 is 1.19 bits per heavy atom. The van der Waals surface area contributed by atoms with E-state index in [-0.39, 0.29) is 5.69 Å². The Hall–Kier alpha value is -3.09.